The molecule has 0 radical (unpaired) electrons. The molecule has 1 aromatic carbocycles. The molecular formula is C20H20N2O3S2. The van der Waals surface area contributed by atoms with Gasteiger partial charge < -0.3 is 4.42 Å². The summed E-state index contributed by atoms with van der Waals surface area (Å²) in [5.74, 6) is 1.85. The minimum absolute atomic E-state index is 0.169. The molecule has 7 heteroatoms. The van der Waals surface area contributed by atoms with E-state index >= 15 is 0 Å². The Morgan fingerprint density at radius 3 is 2.81 bits per heavy atom. The lowest BCUT2D eigenvalue weighted by atomic mass is 9.88. The maximum atomic E-state index is 12.9. The summed E-state index contributed by atoms with van der Waals surface area (Å²) in [6.07, 6.45) is 6.75. The molecule has 2 aliphatic carbocycles. The molecule has 5 nitrogen and oxygen atoms in total. The van der Waals surface area contributed by atoms with Crippen molar-refractivity contribution in [2.45, 2.75) is 48.3 Å². The number of aryl methyl sites for hydroxylation is 1. The molecule has 140 valence electrons. The fourth-order valence-electron chi connectivity index (χ4n) is 3.64. The van der Waals surface area contributed by atoms with Crippen molar-refractivity contribution in [3.05, 3.63) is 59.6 Å². The second-order valence-electron chi connectivity index (χ2n) is 7.22. The third-order valence-corrected chi connectivity index (χ3v) is 8.27. The Balaban J connectivity index is 1.39. The summed E-state index contributed by atoms with van der Waals surface area (Å²) in [5.41, 5.74) is 2.32. The summed E-state index contributed by atoms with van der Waals surface area (Å²) >= 11 is 1.22. The molecule has 2 heterocycles. The first-order valence-corrected chi connectivity index (χ1v) is 11.6. The van der Waals surface area contributed by atoms with Crippen molar-refractivity contribution in [3.8, 4) is 10.6 Å². The number of hydrogen-bond acceptors (Lipinski definition) is 5. The van der Waals surface area contributed by atoms with Gasteiger partial charge in [-0.15, -0.1) is 11.3 Å². The minimum atomic E-state index is -3.58. The lowest BCUT2D eigenvalue weighted by Gasteiger charge is -2.25. The Kier molecular flexibility index (Phi) is 4.18. The molecule has 3 aromatic rings. The second-order valence-corrected chi connectivity index (χ2v) is 10.2. The van der Waals surface area contributed by atoms with Gasteiger partial charge in [0.05, 0.1) is 11.1 Å². The van der Waals surface area contributed by atoms with Crippen LogP contribution in [0.3, 0.4) is 0 Å². The van der Waals surface area contributed by atoms with Gasteiger partial charge in [-0.3, -0.25) is 0 Å². The van der Waals surface area contributed by atoms with Crippen LogP contribution in [-0.2, 0) is 16.4 Å². The zero-order chi connectivity index (χ0) is 18.4. The molecule has 0 spiro atoms. The molecular weight excluding hydrogens is 380 g/mol. The molecule has 5 rings (SSSR count). The van der Waals surface area contributed by atoms with E-state index in [2.05, 4.69) is 15.8 Å². The number of thiophene rings is 1. The second kappa shape index (κ2) is 6.58. The van der Waals surface area contributed by atoms with E-state index in [9.17, 15) is 8.42 Å². The van der Waals surface area contributed by atoms with E-state index in [0.717, 1.165) is 48.4 Å². The van der Waals surface area contributed by atoms with Crippen molar-refractivity contribution in [2.75, 3.05) is 0 Å². The monoisotopic (exact) mass is 400 g/mol. The topological polar surface area (TPSA) is 72.2 Å². The van der Waals surface area contributed by atoms with E-state index in [0.29, 0.717) is 15.9 Å². The van der Waals surface area contributed by atoms with E-state index in [1.54, 1.807) is 18.3 Å². The molecule has 27 heavy (non-hydrogen) atoms. The molecule has 0 bridgehead atoms. The fourth-order valence-corrected chi connectivity index (χ4v) is 6.16. The van der Waals surface area contributed by atoms with Crippen LogP contribution in [0.4, 0.5) is 0 Å². The van der Waals surface area contributed by atoms with Crippen molar-refractivity contribution in [1.82, 2.24) is 9.71 Å². The lowest BCUT2D eigenvalue weighted by Crippen LogP contribution is -2.30. The summed E-state index contributed by atoms with van der Waals surface area (Å²) in [6.45, 7) is 0. The van der Waals surface area contributed by atoms with Crippen molar-refractivity contribution in [1.29, 1.82) is 0 Å². The molecule has 1 N–H and O–H groups in total. The van der Waals surface area contributed by atoms with Gasteiger partial charge in [-0.1, -0.05) is 24.3 Å². The van der Waals surface area contributed by atoms with Crippen LogP contribution in [0.5, 0.6) is 0 Å². The normalized spacial score (nSPS) is 19.8. The quantitative estimate of drug-likeness (QED) is 0.677. The molecule has 0 unspecified atom stereocenters. The first-order valence-electron chi connectivity index (χ1n) is 9.26. The molecule has 0 saturated heterocycles. The van der Waals surface area contributed by atoms with E-state index in [-0.39, 0.29) is 6.04 Å². The smallest absolute Gasteiger partial charge is 0.250 e. The van der Waals surface area contributed by atoms with E-state index in [1.807, 2.05) is 18.2 Å². The van der Waals surface area contributed by atoms with Crippen molar-refractivity contribution >= 4 is 21.4 Å². The average molecular weight is 401 g/mol. The molecule has 0 amide bonds. The number of nitrogens with zero attached hydrogens (tertiary/aromatic N) is 1. The Morgan fingerprint density at radius 2 is 1.96 bits per heavy atom. The third kappa shape index (κ3) is 3.35. The number of sulfonamides is 1. The van der Waals surface area contributed by atoms with Gasteiger partial charge in [0.2, 0.25) is 0 Å². The zero-order valence-corrected chi connectivity index (χ0v) is 16.4. The lowest BCUT2D eigenvalue weighted by molar-refractivity contribution is 0.508. The third-order valence-electron chi connectivity index (χ3n) is 5.21. The highest BCUT2D eigenvalue weighted by molar-refractivity contribution is 7.91. The number of rotatable bonds is 5. The van der Waals surface area contributed by atoms with Crippen molar-refractivity contribution in [3.63, 3.8) is 0 Å². The highest BCUT2D eigenvalue weighted by Crippen LogP contribution is 2.41. The number of oxazole rings is 1. The fraction of sp³-hybridized carbons (Fsp3) is 0.350. The van der Waals surface area contributed by atoms with Crippen molar-refractivity contribution < 1.29 is 12.8 Å². The van der Waals surface area contributed by atoms with Gasteiger partial charge in [0.1, 0.15) is 4.21 Å². The van der Waals surface area contributed by atoms with Crippen LogP contribution in [0, 0.1) is 0 Å². The maximum Gasteiger partial charge on any atom is 0.250 e. The van der Waals surface area contributed by atoms with Crippen LogP contribution in [0.15, 0.2) is 51.2 Å². The summed E-state index contributed by atoms with van der Waals surface area (Å²) in [5, 5.41) is 0. The average Bonchev–Trinajstić information content (AvgIpc) is 3.19. The summed E-state index contributed by atoms with van der Waals surface area (Å²) in [6, 6.07) is 11.4. The predicted octanol–water partition coefficient (Wildman–Crippen LogP) is 4.64. The standard InChI is InChI=1S/C20H20N2O3S2/c23-27(24,22-16-7-3-5-13-4-1-2-6-15(13)16)19-11-10-18(26-19)17-12-21-20(25-17)14-8-9-14/h1-2,4,6,10-12,14,16,22H,3,5,7-9H2/t16-/m1/s1. The molecule has 1 atom stereocenters. The van der Waals surface area contributed by atoms with E-state index < -0.39 is 10.0 Å². The zero-order valence-electron chi connectivity index (χ0n) is 14.7. The van der Waals surface area contributed by atoms with Crippen LogP contribution in [-0.4, -0.2) is 13.4 Å². The summed E-state index contributed by atoms with van der Waals surface area (Å²) in [7, 11) is -3.58. The van der Waals surface area contributed by atoms with Crippen LogP contribution in [0.1, 0.15) is 54.7 Å². The number of nitrogens with one attached hydrogen (secondary N) is 1. The highest BCUT2D eigenvalue weighted by atomic mass is 32.2. The number of hydrogen-bond donors (Lipinski definition) is 1. The molecule has 1 saturated carbocycles. The van der Waals surface area contributed by atoms with Gasteiger partial charge in [-0.25, -0.2) is 18.1 Å². The summed E-state index contributed by atoms with van der Waals surface area (Å²) < 4.78 is 34.9. The molecule has 2 aromatic heterocycles. The predicted molar refractivity (Wildman–Crippen MR) is 104 cm³/mol. The Morgan fingerprint density at radius 1 is 1.11 bits per heavy atom. The Bertz CT molecular complexity index is 1080. The number of fused-ring (bicyclic) bond motifs is 1. The first kappa shape index (κ1) is 17.2. The SMILES string of the molecule is O=S(=O)(N[C@@H]1CCCc2ccccc21)c1ccc(-c2cnc(C3CC3)o2)s1. The maximum absolute atomic E-state index is 12.9. The Labute approximate surface area is 162 Å². The first-order chi connectivity index (χ1) is 13.1. The van der Waals surface area contributed by atoms with Gasteiger partial charge in [0.15, 0.2) is 11.7 Å². The van der Waals surface area contributed by atoms with Gasteiger partial charge in [0, 0.05) is 12.0 Å². The number of aromatic nitrogens is 1. The van der Waals surface area contributed by atoms with Crippen molar-refractivity contribution in [2.24, 2.45) is 0 Å². The van der Waals surface area contributed by atoms with Crippen LogP contribution in [0.25, 0.3) is 10.6 Å². The number of benzene rings is 1. The van der Waals surface area contributed by atoms with Crippen LogP contribution >= 0.6 is 11.3 Å². The largest absolute Gasteiger partial charge is 0.440 e. The molecule has 1 fully saturated rings. The Hall–Kier alpha value is -1.96. The minimum Gasteiger partial charge on any atom is -0.440 e. The van der Waals surface area contributed by atoms with E-state index in [4.69, 9.17) is 4.42 Å². The van der Waals surface area contributed by atoms with Crippen LogP contribution in [0.2, 0.25) is 0 Å². The van der Waals surface area contributed by atoms with Gasteiger partial charge in [-0.2, -0.15) is 0 Å². The summed E-state index contributed by atoms with van der Waals surface area (Å²) in [4.78, 5) is 5.11. The van der Waals surface area contributed by atoms with E-state index in [1.165, 1.54) is 16.9 Å². The molecule has 0 aliphatic heterocycles. The van der Waals surface area contributed by atoms with Crippen LogP contribution < -0.4 is 4.72 Å². The van der Waals surface area contributed by atoms with Gasteiger partial charge in [-0.05, 0) is 55.4 Å². The molecule has 2 aliphatic rings. The van der Waals surface area contributed by atoms with Gasteiger partial charge in [0.25, 0.3) is 10.0 Å². The highest BCUT2D eigenvalue weighted by Gasteiger charge is 2.30. The van der Waals surface area contributed by atoms with Gasteiger partial charge >= 0.3 is 0 Å².